The van der Waals surface area contributed by atoms with Crippen LogP contribution in [0.2, 0.25) is 0 Å². The van der Waals surface area contributed by atoms with Gasteiger partial charge in [0.1, 0.15) is 17.8 Å². The van der Waals surface area contributed by atoms with Crippen molar-refractivity contribution >= 4 is 23.6 Å². The van der Waals surface area contributed by atoms with Crippen molar-refractivity contribution in [3.63, 3.8) is 0 Å². The zero-order chi connectivity index (χ0) is 30.9. The van der Waals surface area contributed by atoms with Crippen molar-refractivity contribution in [2.75, 3.05) is 49.5 Å². The van der Waals surface area contributed by atoms with Gasteiger partial charge >= 0.3 is 0 Å². The van der Waals surface area contributed by atoms with Crippen molar-refractivity contribution in [2.24, 2.45) is 0 Å². The van der Waals surface area contributed by atoms with Crippen molar-refractivity contribution < 1.29 is 14.7 Å². The van der Waals surface area contributed by atoms with Gasteiger partial charge in [0.05, 0.1) is 11.8 Å². The number of hydrogen-bond donors (Lipinski definition) is 2. The van der Waals surface area contributed by atoms with Gasteiger partial charge in [0.25, 0.3) is 5.91 Å². The van der Waals surface area contributed by atoms with Gasteiger partial charge in [-0.3, -0.25) is 14.5 Å². The number of carbonyl (C=O) groups is 2. The molecule has 2 saturated heterocycles. The van der Waals surface area contributed by atoms with Gasteiger partial charge in [-0.05, 0) is 36.8 Å². The van der Waals surface area contributed by atoms with E-state index >= 15 is 0 Å². The lowest BCUT2D eigenvalue weighted by Gasteiger charge is -2.43. The number of β-amino-alcohol motifs (C(OH)–C–C–N with tert-alkyl or cyclic N) is 1. The predicted molar refractivity (Wildman–Crippen MR) is 169 cm³/mol. The van der Waals surface area contributed by atoms with E-state index in [0.29, 0.717) is 56.6 Å². The average molecular weight is 612 g/mol. The molecule has 45 heavy (non-hydrogen) atoms. The van der Waals surface area contributed by atoms with Crippen LogP contribution >= 0.6 is 0 Å². The molecule has 4 aliphatic heterocycles. The highest BCUT2D eigenvalue weighted by molar-refractivity contribution is 5.93. The first-order chi connectivity index (χ1) is 21.9. The largest absolute Gasteiger partial charge is 0.390 e. The lowest BCUT2D eigenvalue weighted by atomic mass is 9.94. The van der Waals surface area contributed by atoms with Crippen LogP contribution in [0.5, 0.6) is 0 Å². The molecule has 6 heterocycles. The number of anilines is 2. The summed E-state index contributed by atoms with van der Waals surface area (Å²) >= 11 is 0. The third-order valence-corrected chi connectivity index (χ3v) is 9.83. The maximum absolute atomic E-state index is 14.0. The van der Waals surface area contributed by atoms with Gasteiger partial charge in [0.2, 0.25) is 11.9 Å². The van der Waals surface area contributed by atoms with Gasteiger partial charge in [-0.2, -0.15) is 4.98 Å². The standard InChI is InChI=1S/C33H41N9O3/c1-22(43)39-12-7-26(8-13-39)36-31-16-28(37-33(38-31)42-14-9-27-25(19-42)17-34-21-35-27)32(45)41-15-10-29(30(44)20-41)40-11-6-23-4-2-3-5-24(23)18-40/h2-5,16-17,21,26,29-30,44H,6-15,18-20H2,1H3,(H,36,37,38)/t29-,30-/m1/s1. The second-order valence-electron chi connectivity index (χ2n) is 12.7. The molecule has 0 unspecified atom stereocenters. The number of nitrogens with zero attached hydrogens (tertiary/aromatic N) is 8. The van der Waals surface area contributed by atoms with Gasteiger partial charge in [0.15, 0.2) is 0 Å². The minimum atomic E-state index is -0.642. The van der Waals surface area contributed by atoms with Crippen molar-refractivity contribution in [1.82, 2.24) is 34.6 Å². The van der Waals surface area contributed by atoms with E-state index in [1.54, 1.807) is 24.2 Å². The van der Waals surface area contributed by atoms with Gasteiger partial charge in [-0.25, -0.2) is 15.0 Å². The lowest BCUT2D eigenvalue weighted by molar-refractivity contribution is -0.129. The number of amides is 2. The van der Waals surface area contributed by atoms with E-state index in [4.69, 9.17) is 9.97 Å². The van der Waals surface area contributed by atoms with Crippen molar-refractivity contribution in [2.45, 2.75) is 70.3 Å². The highest BCUT2D eigenvalue weighted by Gasteiger charge is 2.36. The molecule has 236 valence electrons. The molecule has 0 spiro atoms. The lowest BCUT2D eigenvalue weighted by Crippen LogP contribution is -2.56. The Balaban J connectivity index is 1.08. The minimum absolute atomic E-state index is 0.0112. The van der Waals surface area contributed by atoms with Crippen LogP contribution in [0.3, 0.4) is 0 Å². The first-order valence-corrected chi connectivity index (χ1v) is 16.1. The highest BCUT2D eigenvalue weighted by atomic mass is 16.3. The highest BCUT2D eigenvalue weighted by Crippen LogP contribution is 2.28. The van der Waals surface area contributed by atoms with Crippen LogP contribution in [-0.2, 0) is 30.7 Å². The molecule has 12 nitrogen and oxygen atoms in total. The molecular formula is C33H41N9O3. The van der Waals surface area contributed by atoms with Crippen LogP contribution in [0.1, 0.15) is 59.1 Å². The second kappa shape index (κ2) is 12.7. The Morgan fingerprint density at radius 3 is 2.51 bits per heavy atom. The molecule has 0 radical (unpaired) electrons. The number of aliphatic hydroxyl groups is 1. The Labute approximate surface area is 263 Å². The number of piperidine rings is 2. The van der Waals surface area contributed by atoms with Crippen LogP contribution in [0.4, 0.5) is 11.8 Å². The smallest absolute Gasteiger partial charge is 0.272 e. The Morgan fingerprint density at radius 2 is 1.71 bits per heavy atom. The Kier molecular flexibility index (Phi) is 8.33. The fourth-order valence-corrected chi connectivity index (χ4v) is 7.24. The molecule has 3 aromatic rings. The molecule has 0 saturated carbocycles. The fraction of sp³-hybridized carbons (Fsp3) is 0.515. The number of aliphatic hydroxyl groups excluding tert-OH is 1. The monoisotopic (exact) mass is 611 g/mol. The first-order valence-electron chi connectivity index (χ1n) is 16.1. The van der Waals surface area contributed by atoms with E-state index in [1.807, 2.05) is 11.1 Å². The van der Waals surface area contributed by atoms with E-state index in [2.05, 4.69) is 49.4 Å². The van der Waals surface area contributed by atoms with Crippen LogP contribution < -0.4 is 10.2 Å². The summed E-state index contributed by atoms with van der Waals surface area (Å²) in [5.74, 6) is 0.981. The number of hydrogen-bond acceptors (Lipinski definition) is 10. The van der Waals surface area contributed by atoms with E-state index in [0.717, 1.165) is 50.0 Å². The van der Waals surface area contributed by atoms with Crippen LogP contribution in [-0.4, -0.2) is 109 Å². The van der Waals surface area contributed by atoms with Gasteiger partial charge in [0, 0.05) is 95.6 Å². The molecule has 0 bridgehead atoms. The average Bonchev–Trinajstić information content (AvgIpc) is 3.07. The zero-order valence-corrected chi connectivity index (χ0v) is 25.8. The van der Waals surface area contributed by atoms with Crippen LogP contribution in [0.15, 0.2) is 42.9 Å². The number of likely N-dealkylation sites (tertiary alicyclic amines) is 2. The summed E-state index contributed by atoms with van der Waals surface area (Å²) in [4.78, 5) is 52.1. The summed E-state index contributed by atoms with van der Waals surface area (Å²) in [6.45, 7) is 6.78. The molecule has 2 aromatic heterocycles. The Bertz CT molecular complexity index is 1560. The SMILES string of the molecule is CC(=O)N1CCC(Nc2cc(C(=O)N3CC[C@@H](N4CCc5ccccc5C4)[C@H](O)C3)nc(N3CCc4ncncc4C3)n2)CC1. The quantitative estimate of drug-likeness (QED) is 0.441. The maximum atomic E-state index is 14.0. The molecule has 2 amide bonds. The van der Waals surface area contributed by atoms with E-state index in [9.17, 15) is 14.7 Å². The molecule has 4 aliphatic rings. The van der Waals surface area contributed by atoms with Crippen LogP contribution in [0.25, 0.3) is 0 Å². The van der Waals surface area contributed by atoms with Crippen LogP contribution in [0, 0.1) is 0 Å². The number of aromatic nitrogens is 4. The third kappa shape index (κ3) is 6.34. The molecule has 2 fully saturated rings. The summed E-state index contributed by atoms with van der Waals surface area (Å²) in [6, 6.07) is 10.4. The number of nitrogens with one attached hydrogen (secondary N) is 1. The summed E-state index contributed by atoms with van der Waals surface area (Å²) in [7, 11) is 0. The third-order valence-electron chi connectivity index (χ3n) is 9.83. The molecule has 12 heteroatoms. The zero-order valence-electron chi connectivity index (χ0n) is 25.8. The van der Waals surface area contributed by atoms with E-state index < -0.39 is 6.10 Å². The summed E-state index contributed by atoms with van der Waals surface area (Å²) in [5, 5.41) is 14.8. The maximum Gasteiger partial charge on any atom is 0.272 e. The van der Waals surface area contributed by atoms with E-state index in [-0.39, 0.29) is 30.4 Å². The van der Waals surface area contributed by atoms with E-state index in [1.165, 1.54) is 11.1 Å². The first kappa shape index (κ1) is 29.5. The molecule has 2 N–H and O–H groups in total. The van der Waals surface area contributed by atoms with Gasteiger partial charge < -0.3 is 25.1 Å². The predicted octanol–water partition coefficient (Wildman–Crippen LogP) is 1.89. The summed E-state index contributed by atoms with van der Waals surface area (Å²) in [5.41, 5.74) is 5.07. The Hall–Kier alpha value is -4.16. The summed E-state index contributed by atoms with van der Waals surface area (Å²) in [6.07, 6.45) is 6.79. The second-order valence-corrected chi connectivity index (χ2v) is 12.7. The van der Waals surface area contributed by atoms with Gasteiger partial charge in [-0.1, -0.05) is 24.3 Å². The fourth-order valence-electron chi connectivity index (χ4n) is 7.24. The molecule has 2 atom stereocenters. The summed E-state index contributed by atoms with van der Waals surface area (Å²) < 4.78 is 0. The van der Waals surface area contributed by atoms with Gasteiger partial charge in [-0.15, -0.1) is 0 Å². The molecule has 0 aliphatic carbocycles. The molecule has 7 rings (SSSR count). The number of rotatable bonds is 5. The molecular weight excluding hydrogens is 570 g/mol. The molecule has 1 aromatic carbocycles. The number of benzene rings is 1. The number of fused-ring (bicyclic) bond motifs is 2. The Morgan fingerprint density at radius 1 is 0.911 bits per heavy atom. The van der Waals surface area contributed by atoms with Crippen molar-refractivity contribution in [3.05, 3.63) is 70.9 Å². The topological polar surface area (TPSA) is 131 Å². The van der Waals surface area contributed by atoms with Crippen molar-refractivity contribution in [1.29, 1.82) is 0 Å². The minimum Gasteiger partial charge on any atom is -0.390 e. The van der Waals surface area contributed by atoms with Crippen molar-refractivity contribution in [3.8, 4) is 0 Å². The normalized spacial score (nSPS) is 22.5. The number of carbonyl (C=O) groups excluding carboxylic acids is 2.